The Balaban J connectivity index is 2.82. The summed E-state index contributed by atoms with van der Waals surface area (Å²) in [5.41, 5.74) is 0. The van der Waals surface area contributed by atoms with Crippen LogP contribution in [0.15, 0.2) is 0 Å². The fourth-order valence-corrected chi connectivity index (χ4v) is 0.935. The van der Waals surface area contributed by atoms with Gasteiger partial charge >= 0.3 is 6.04 Å². The summed E-state index contributed by atoms with van der Waals surface area (Å²) in [7, 11) is 0. The number of carbonyl (C=O) groups excluding carboxylic acids is 2. The lowest BCUT2D eigenvalue weighted by Crippen LogP contribution is -2.30. The minimum atomic E-state index is -1.56. The van der Waals surface area contributed by atoms with Crippen LogP contribution in [-0.4, -0.2) is 22.5 Å². The lowest BCUT2D eigenvalue weighted by molar-refractivity contribution is -0.492. The molecule has 0 radical (unpaired) electrons. The summed E-state index contributed by atoms with van der Waals surface area (Å²) in [6, 6.07) is -1.56. The van der Waals surface area contributed by atoms with Gasteiger partial charge in [0.25, 0.3) is 0 Å². The molecular formula is C5H5NO4. The van der Waals surface area contributed by atoms with Crippen LogP contribution in [0, 0.1) is 10.1 Å². The van der Waals surface area contributed by atoms with Crippen molar-refractivity contribution in [3.63, 3.8) is 0 Å². The van der Waals surface area contributed by atoms with E-state index in [1.165, 1.54) is 0 Å². The van der Waals surface area contributed by atoms with Crippen molar-refractivity contribution in [3.05, 3.63) is 10.1 Å². The number of carbonyl (C=O) groups is 2. The zero-order chi connectivity index (χ0) is 7.72. The van der Waals surface area contributed by atoms with Gasteiger partial charge in [-0.15, -0.1) is 0 Å². The van der Waals surface area contributed by atoms with Gasteiger partial charge in [-0.1, -0.05) is 0 Å². The van der Waals surface area contributed by atoms with Gasteiger partial charge in [-0.3, -0.25) is 19.7 Å². The lowest BCUT2D eigenvalue weighted by Gasteiger charge is -1.93. The molecule has 5 nitrogen and oxygen atoms in total. The van der Waals surface area contributed by atoms with Crippen molar-refractivity contribution in [3.8, 4) is 0 Å². The molecule has 5 heteroatoms. The van der Waals surface area contributed by atoms with Gasteiger partial charge in [0.05, 0.1) is 0 Å². The fraction of sp³-hybridized carbons (Fsp3) is 0.600. The van der Waals surface area contributed by atoms with Gasteiger partial charge in [0.2, 0.25) is 11.6 Å². The van der Waals surface area contributed by atoms with Crippen LogP contribution in [-0.2, 0) is 9.59 Å². The zero-order valence-electron chi connectivity index (χ0n) is 5.07. The minimum absolute atomic E-state index is 0.0322. The Morgan fingerprint density at radius 3 is 1.90 bits per heavy atom. The molecule has 54 valence electrons. The van der Waals surface area contributed by atoms with E-state index >= 15 is 0 Å². The van der Waals surface area contributed by atoms with E-state index in [9.17, 15) is 19.7 Å². The van der Waals surface area contributed by atoms with Crippen molar-refractivity contribution in [1.29, 1.82) is 0 Å². The molecule has 0 unspecified atom stereocenters. The van der Waals surface area contributed by atoms with E-state index in [1.54, 1.807) is 0 Å². The standard InChI is InChI=1S/C5H5NO4/c7-3-1-2-4(8)5(3)6(9)10/h5H,1-2H2. The Hall–Kier alpha value is -1.26. The van der Waals surface area contributed by atoms with Crippen LogP contribution in [0.2, 0.25) is 0 Å². The van der Waals surface area contributed by atoms with Crippen molar-refractivity contribution in [2.75, 3.05) is 0 Å². The first-order chi connectivity index (χ1) is 4.63. The van der Waals surface area contributed by atoms with Gasteiger partial charge in [-0.05, 0) is 0 Å². The van der Waals surface area contributed by atoms with E-state index in [0.717, 1.165) is 0 Å². The maximum absolute atomic E-state index is 10.6. The molecule has 0 aromatic rings. The topological polar surface area (TPSA) is 77.3 Å². The molecule has 0 amide bonds. The van der Waals surface area contributed by atoms with Crippen molar-refractivity contribution < 1.29 is 14.5 Å². The third kappa shape index (κ3) is 0.896. The molecule has 1 aliphatic carbocycles. The highest BCUT2D eigenvalue weighted by Crippen LogP contribution is 2.12. The number of Topliss-reactive ketones (excluding diaryl/α,β-unsaturated/α-hetero) is 2. The van der Waals surface area contributed by atoms with Crippen LogP contribution >= 0.6 is 0 Å². The first kappa shape index (κ1) is 6.85. The van der Waals surface area contributed by atoms with E-state index in [4.69, 9.17) is 0 Å². The molecule has 0 bridgehead atoms. The molecular weight excluding hydrogens is 138 g/mol. The van der Waals surface area contributed by atoms with Gasteiger partial charge in [-0.25, -0.2) is 0 Å². The second kappa shape index (κ2) is 2.17. The first-order valence-electron chi connectivity index (χ1n) is 2.82. The average Bonchev–Trinajstić information content (AvgIpc) is 2.11. The van der Waals surface area contributed by atoms with Crippen LogP contribution in [0.25, 0.3) is 0 Å². The smallest absolute Gasteiger partial charge is 0.291 e. The SMILES string of the molecule is O=C1CCC(=O)C1[N+](=O)[O-]. The highest BCUT2D eigenvalue weighted by atomic mass is 16.6. The Kier molecular flexibility index (Phi) is 1.48. The fourth-order valence-electron chi connectivity index (χ4n) is 0.935. The molecule has 1 aliphatic rings. The van der Waals surface area contributed by atoms with E-state index in [2.05, 4.69) is 0 Å². The number of hydrogen-bond donors (Lipinski definition) is 0. The third-order valence-corrected chi connectivity index (χ3v) is 1.44. The largest absolute Gasteiger partial charge is 0.327 e. The maximum atomic E-state index is 10.6. The van der Waals surface area contributed by atoms with Crippen molar-refractivity contribution in [1.82, 2.24) is 0 Å². The van der Waals surface area contributed by atoms with Gasteiger partial charge in [-0.2, -0.15) is 0 Å². The Bertz CT molecular complexity index is 194. The van der Waals surface area contributed by atoms with Crippen LogP contribution in [0.1, 0.15) is 12.8 Å². The van der Waals surface area contributed by atoms with Crippen molar-refractivity contribution >= 4 is 11.6 Å². The second-order valence-corrected chi connectivity index (χ2v) is 2.12. The average molecular weight is 143 g/mol. The second-order valence-electron chi connectivity index (χ2n) is 2.12. The summed E-state index contributed by atoms with van der Waals surface area (Å²) in [4.78, 5) is 30.3. The van der Waals surface area contributed by atoms with E-state index in [0.29, 0.717) is 0 Å². The van der Waals surface area contributed by atoms with Gasteiger partial charge in [0.15, 0.2) is 0 Å². The first-order valence-corrected chi connectivity index (χ1v) is 2.82. The highest BCUT2D eigenvalue weighted by molar-refractivity contribution is 6.10. The summed E-state index contributed by atoms with van der Waals surface area (Å²) < 4.78 is 0. The molecule has 0 saturated heterocycles. The number of nitro groups is 1. The van der Waals surface area contributed by atoms with Gasteiger partial charge < -0.3 is 0 Å². The minimum Gasteiger partial charge on any atom is -0.291 e. The van der Waals surface area contributed by atoms with Crippen LogP contribution in [0.3, 0.4) is 0 Å². The normalized spacial score (nSPS) is 20.0. The molecule has 0 aromatic carbocycles. The molecule has 0 spiro atoms. The molecule has 0 aromatic heterocycles. The highest BCUT2D eigenvalue weighted by Gasteiger charge is 2.42. The monoisotopic (exact) mass is 143 g/mol. The number of hydrogen-bond acceptors (Lipinski definition) is 4. The summed E-state index contributed by atoms with van der Waals surface area (Å²) in [6.45, 7) is 0. The predicted molar refractivity (Wildman–Crippen MR) is 30.0 cm³/mol. The van der Waals surface area contributed by atoms with E-state index in [1.807, 2.05) is 0 Å². The molecule has 1 saturated carbocycles. The molecule has 1 fully saturated rings. The van der Waals surface area contributed by atoms with Crippen molar-refractivity contribution in [2.24, 2.45) is 0 Å². The maximum Gasteiger partial charge on any atom is 0.327 e. The molecule has 0 N–H and O–H groups in total. The Labute approximate surface area is 56.2 Å². The summed E-state index contributed by atoms with van der Waals surface area (Å²) in [5.74, 6) is -1.12. The number of nitrogens with zero attached hydrogens (tertiary/aromatic N) is 1. The Morgan fingerprint density at radius 1 is 1.30 bits per heavy atom. The molecule has 0 heterocycles. The Morgan fingerprint density at radius 2 is 1.70 bits per heavy atom. The predicted octanol–water partition coefficient (Wildman–Crippen LogP) is -0.436. The molecule has 10 heavy (non-hydrogen) atoms. The van der Waals surface area contributed by atoms with Crippen LogP contribution < -0.4 is 0 Å². The van der Waals surface area contributed by atoms with Crippen LogP contribution in [0.5, 0.6) is 0 Å². The van der Waals surface area contributed by atoms with E-state index in [-0.39, 0.29) is 12.8 Å². The third-order valence-electron chi connectivity index (χ3n) is 1.44. The van der Waals surface area contributed by atoms with E-state index < -0.39 is 22.5 Å². The lowest BCUT2D eigenvalue weighted by atomic mass is 10.2. The molecule has 0 atom stereocenters. The molecule has 0 aliphatic heterocycles. The summed E-state index contributed by atoms with van der Waals surface area (Å²) in [5, 5.41) is 9.99. The van der Waals surface area contributed by atoms with Gasteiger partial charge in [0, 0.05) is 17.8 Å². The number of ketones is 2. The van der Waals surface area contributed by atoms with Crippen LogP contribution in [0.4, 0.5) is 0 Å². The number of rotatable bonds is 1. The quantitative estimate of drug-likeness (QED) is 0.283. The van der Waals surface area contributed by atoms with Crippen molar-refractivity contribution in [2.45, 2.75) is 18.9 Å². The summed E-state index contributed by atoms with van der Waals surface area (Å²) >= 11 is 0. The summed E-state index contributed by atoms with van der Waals surface area (Å²) in [6.07, 6.45) is 0.0644. The molecule has 1 rings (SSSR count). The zero-order valence-corrected chi connectivity index (χ0v) is 5.07. The van der Waals surface area contributed by atoms with Gasteiger partial charge in [0.1, 0.15) is 0 Å².